The number of nitrogens with one attached hydrogen (secondary N) is 1. The summed E-state index contributed by atoms with van der Waals surface area (Å²) >= 11 is 0. The monoisotopic (exact) mass is 273 g/mol. The number of hydrogen-bond donors (Lipinski definition) is 2. The second kappa shape index (κ2) is 7.04. The number of rotatable bonds is 3. The van der Waals surface area contributed by atoms with Gasteiger partial charge < -0.3 is 15.3 Å². The lowest BCUT2D eigenvalue weighted by atomic mass is 10.2. The normalized spacial score (nSPS) is 18.4. The van der Waals surface area contributed by atoms with Gasteiger partial charge in [-0.25, -0.2) is 4.98 Å². The standard InChI is InChI=1S/C15H19N3O2/c1-18-8-2-5-13(18)11-17-15(20)14-7-6-12(10-16-14)4-3-9-19/h6-7,10,13,19H,2,5,8-9,11H2,1H3,(H,17,20). The number of carbonyl (C=O) groups excluding carboxylic acids is 1. The van der Waals surface area contributed by atoms with Crippen LogP contribution in [-0.2, 0) is 0 Å². The van der Waals surface area contributed by atoms with Gasteiger partial charge in [0.15, 0.2) is 0 Å². The molecule has 1 saturated heterocycles. The minimum absolute atomic E-state index is 0.160. The van der Waals surface area contributed by atoms with Crippen LogP contribution < -0.4 is 5.32 Å². The first-order valence-corrected chi connectivity index (χ1v) is 6.75. The quantitative estimate of drug-likeness (QED) is 0.775. The number of likely N-dealkylation sites (N-methyl/N-ethyl adjacent to an activating group) is 1. The Labute approximate surface area is 119 Å². The average Bonchev–Trinajstić information content (AvgIpc) is 2.88. The van der Waals surface area contributed by atoms with Crippen LogP contribution in [-0.4, -0.2) is 53.7 Å². The number of nitrogens with zero attached hydrogens (tertiary/aromatic N) is 2. The largest absolute Gasteiger partial charge is 0.384 e. The van der Waals surface area contributed by atoms with Crippen LogP contribution in [0.4, 0.5) is 0 Å². The molecule has 106 valence electrons. The summed E-state index contributed by atoms with van der Waals surface area (Å²) in [6.07, 6.45) is 3.85. The fourth-order valence-electron chi connectivity index (χ4n) is 2.28. The van der Waals surface area contributed by atoms with Crippen LogP contribution in [0.3, 0.4) is 0 Å². The minimum atomic E-state index is -0.183. The van der Waals surface area contributed by atoms with Crippen molar-refractivity contribution in [1.82, 2.24) is 15.2 Å². The maximum Gasteiger partial charge on any atom is 0.269 e. The van der Waals surface area contributed by atoms with E-state index < -0.39 is 0 Å². The van der Waals surface area contributed by atoms with Crippen LogP contribution in [0.2, 0.25) is 0 Å². The molecule has 1 aromatic rings. The molecule has 1 fully saturated rings. The summed E-state index contributed by atoms with van der Waals surface area (Å²) in [6.45, 7) is 1.57. The third-order valence-corrected chi connectivity index (χ3v) is 3.48. The summed E-state index contributed by atoms with van der Waals surface area (Å²) in [4.78, 5) is 18.3. The Hall–Kier alpha value is -1.90. The Bertz CT molecular complexity index is 516. The molecular formula is C15H19N3O2. The molecule has 2 heterocycles. The van der Waals surface area contributed by atoms with Crippen molar-refractivity contribution in [1.29, 1.82) is 0 Å². The Morgan fingerprint density at radius 3 is 3.05 bits per heavy atom. The number of hydrogen-bond acceptors (Lipinski definition) is 4. The number of aliphatic hydroxyl groups excluding tert-OH is 1. The van der Waals surface area contributed by atoms with E-state index in [1.165, 1.54) is 6.42 Å². The van der Waals surface area contributed by atoms with E-state index in [0.29, 0.717) is 23.8 Å². The topological polar surface area (TPSA) is 65.5 Å². The van der Waals surface area contributed by atoms with Gasteiger partial charge in [0, 0.05) is 24.3 Å². The Kier molecular flexibility index (Phi) is 5.10. The van der Waals surface area contributed by atoms with Crippen LogP contribution in [0.5, 0.6) is 0 Å². The summed E-state index contributed by atoms with van der Waals surface area (Å²) in [7, 11) is 2.08. The lowest BCUT2D eigenvalue weighted by Gasteiger charge is -2.19. The molecule has 0 spiro atoms. The first-order valence-electron chi connectivity index (χ1n) is 6.75. The van der Waals surface area contributed by atoms with Gasteiger partial charge in [-0.3, -0.25) is 4.79 Å². The lowest BCUT2D eigenvalue weighted by molar-refractivity contribution is 0.0938. The van der Waals surface area contributed by atoms with Crippen LogP contribution in [0.15, 0.2) is 18.3 Å². The van der Waals surface area contributed by atoms with E-state index in [0.717, 1.165) is 13.0 Å². The van der Waals surface area contributed by atoms with Crippen molar-refractivity contribution in [3.63, 3.8) is 0 Å². The zero-order valence-corrected chi connectivity index (χ0v) is 11.6. The molecule has 1 aliphatic rings. The Balaban J connectivity index is 1.89. The van der Waals surface area contributed by atoms with Gasteiger partial charge in [0.1, 0.15) is 12.3 Å². The van der Waals surface area contributed by atoms with Gasteiger partial charge in [0.05, 0.1) is 0 Å². The second-order valence-corrected chi connectivity index (χ2v) is 4.88. The summed E-state index contributed by atoms with van der Waals surface area (Å²) in [5.74, 6) is 5.12. The molecule has 0 bridgehead atoms. The molecule has 1 unspecified atom stereocenters. The van der Waals surface area contributed by atoms with E-state index in [1.807, 2.05) is 0 Å². The van der Waals surface area contributed by atoms with Gasteiger partial charge in [0.25, 0.3) is 5.91 Å². The molecule has 5 nitrogen and oxygen atoms in total. The van der Waals surface area contributed by atoms with E-state index in [9.17, 15) is 4.79 Å². The highest BCUT2D eigenvalue weighted by Gasteiger charge is 2.21. The third-order valence-electron chi connectivity index (χ3n) is 3.48. The van der Waals surface area contributed by atoms with Crippen molar-refractivity contribution in [3.8, 4) is 11.8 Å². The van der Waals surface area contributed by atoms with Gasteiger partial charge in [-0.2, -0.15) is 0 Å². The first-order chi connectivity index (χ1) is 9.70. The maximum absolute atomic E-state index is 12.0. The maximum atomic E-state index is 12.0. The van der Waals surface area contributed by atoms with Crippen molar-refractivity contribution < 1.29 is 9.90 Å². The highest BCUT2D eigenvalue weighted by Crippen LogP contribution is 2.13. The molecular weight excluding hydrogens is 254 g/mol. The van der Waals surface area contributed by atoms with E-state index in [4.69, 9.17) is 5.11 Å². The first kappa shape index (κ1) is 14.5. The van der Waals surface area contributed by atoms with Crippen molar-refractivity contribution in [2.45, 2.75) is 18.9 Å². The van der Waals surface area contributed by atoms with Crippen LogP contribution in [0.25, 0.3) is 0 Å². The molecule has 0 radical (unpaired) electrons. The average molecular weight is 273 g/mol. The molecule has 0 aliphatic carbocycles. The lowest BCUT2D eigenvalue weighted by Crippen LogP contribution is -2.38. The molecule has 1 amide bonds. The summed E-state index contributed by atoms with van der Waals surface area (Å²) < 4.78 is 0. The fraction of sp³-hybridized carbons (Fsp3) is 0.467. The predicted molar refractivity (Wildman–Crippen MR) is 76.2 cm³/mol. The zero-order chi connectivity index (χ0) is 14.4. The molecule has 20 heavy (non-hydrogen) atoms. The van der Waals surface area contributed by atoms with Crippen molar-refractivity contribution in [2.75, 3.05) is 26.7 Å². The number of aliphatic hydroxyl groups is 1. The number of likely N-dealkylation sites (tertiary alicyclic amines) is 1. The van der Waals surface area contributed by atoms with Gasteiger partial charge in [-0.05, 0) is 38.6 Å². The fourth-order valence-corrected chi connectivity index (χ4v) is 2.28. The van der Waals surface area contributed by atoms with Crippen molar-refractivity contribution in [3.05, 3.63) is 29.6 Å². The van der Waals surface area contributed by atoms with Gasteiger partial charge in [-0.1, -0.05) is 11.8 Å². The number of aromatic nitrogens is 1. The Morgan fingerprint density at radius 1 is 1.60 bits per heavy atom. The smallest absolute Gasteiger partial charge is 0.269 e. The molecule has 5 heteroatoms. The van der Waals surface area contributed by atoms with Gasteiger partial charge in [0.2, 0.25) is 0 Å². The molecule has 0 aromatic carbocycles. The third kappa shape index (κ3) is 3.80. The van der Waals surface area contributed by atoms with Crippen molar-refractivity contribution >= 4 is 5.91 Å². The highest BCUT2D eigenvalue weighted by molar-refractivity contribution is 5.92. The molecule has 1 atom stereocenters. The number of carbonyl (C=O) groups is 1. The summed E-state index contributed by atoms with van der Waals surface area (Å²) in [6, 6.07) is 3.80. The zero-order valence-electron chi connectivity index (χ0n) is 11.6. The van der Waals surface area contributed by atoms with E-state index in [1.54, 1.807) is 18.3 Å². The minimum Gasteiger partial charge on any atom is -0.384 e. The molecule has 2 N–H and O–H groups in total. The van der Waals surface area contributed by atoms with E-state index in [2.05, 4.69) is 34.1 Å². The van der Waals surface area contributed by atoms with Crippen molar-refractivity contribution in [2.24, 2.45) is 0 Å². The predicted octanol–water partition coefficient (Wildman–Crippen LogP) is 0.249. The molecule has 1 aliphatic heterocycles. The van der Waals surface area contributed by atoms with Crippen LogP contribution in [0.1, 0.15) is 28.9 Å². The summed E-state index contributed by atoms with van der Waals surface area (Å²) in [5, 5.41) is 11.5. The number of pyridine rings is 1. The van der Waals surface area contributed by atoms with Crippen LogP contribution in [0, 0.1) is 11.8 Å². The highest BCUT2D eigenvalue weighted by atomic mass is 16.2. The van der Waals surface area contributed by atoms with E-state index >= 15 is 0 Å². The van der Waals surface area contributed by atoms with Crippen LogP contribution >= 0.6 is 0 Å². The second-order valence-electron chi connectivity index (χ2n) is 4.88. The summed E-state index contributed by atoms with van der Waals surface area (Å²) in [5.41, 5.74) is 1.08. The molecule has 1 aromatic heterocycles. The Morgan fingerprint density at radius 2 is 2.45 bits per heavy atom. The molecule has 0 saturated carbocycles. The van der Waals surface area contributed by atoms with E-state index in [-0.39, 0.29) is 12.5 Å². The number of amides is 1. The SMILES string of the molecule is CN1CCCC1CNC(=O)c1ccc(C#CCO)cn1. The molecule has 2 rings (SSSR count). The van der Waals surface area contributed by atoms with Gasteiger partial charge in [-0.15, -0.1) is 0 Å². The van der Waals surface area contributed by atoms with Gasteiger partial charge >= 0.3 is 0 Å².